The molecule has 1 unspecified atom stereocenters. The van der Waals surface area contributed by atoms with Crippen LogP contribution < -0.4 is 0 Å². The molecule has 0 heterocycles. The average molecular weight is 134 g/mol. The third kappa shape index (κ3) is 2.98. The summed E-state index contributed by atoms with van der Waals surface area (Å²) < 4.78 is 2.68. The minimum absolute atomic E-state index is 0.187. The van der Waals surface area contributed by atoms with Gasteiger partial charge >= 0.3 is 0 Å². The Kier molecular flexibility index (Phi) is 3.81. The van der Waals surface area contributed by atoms with E-state index in [1.807, 2.05) is 25.9 Å². The quantitative estimate of drug-likeness (QED) is 0.331. The highest BCUT2D eigenvalue weighted by atomic mass is 32.2. The van der Waals surface area contributed by atoms with Crippen molar-refractivity contribution >= 4 is 11.9 Å². The molecule has 0 N–H and O–H groups in total. The summed E-state index contributed by atoms with van der Waals surface area (Å²) in [6, 6.07) is 0. The van der Waals surface area contributed by atoms with Crippen molar-refractivity contribution in [3.05, 3.63) is 4.91 Å². The van der Waals surface area contributed by atoms with Crippen molar-refractivity contribution in [3.63, 3.8) is 0 Å². The molecule has 0 fully saturated rings. The molecule has 0 aliphatic carbocycles. The minimum Gasteiger partial charge on any atom is -0.296 e. The zero-order valence-electron chi connectivity index (χ0n) is 5.29. The van der Waals surface area contributed by atoms with Crippen LogP contribution in [-0.4, -0.2) is 24.4 Å². The van der Waals surface area contributed by atoms with Gasteiger partial charge in [0.25, 0.3) is 0 Å². The lowest BCUT2D eigenvalue weighted by molar-refractivity contribution is 0.402. The second-order valence-electron chi connectivity index (χ2n) is 1.74. The van der Waals surface area contributed by atoms with E-state index in [2.05, 4.69) is 4.58 Å². The molecule has 0 rings (SSSR count). The lowest BCUT2D eigenvalue weighted by Crippen LogP contribution is -2.20. The summed E-state index contributed by atoms with van der Waals surface area (Å²) in [4.78, 5) is 11.5. The first-order valence-corrected chi connectivity index (χ1v) is 3.17. The van der Waals surface area contributed by atoms with Gasteiger partial charge in [-0.05, 0) is 21.0 Å². The largest absolute Gasteiger partial charge is 0.296 e. The van der Waals surface area contributed by atoms with E-state index in [9.17, 15) is 4.91 Å². The molecule has 1 atom stereocenters. The fraction of sp³-hybridized carbons (Fsp3) is 1.00. The van der Waals surface area contributed by atoms with Crippen LogP contribution >= 0.6 is 11.9 Å². The highest BCUT2D eigenvalue weighted by molar-refractivity contribution is 7.98. The number of nitroso groups, excluding NO2 is 1. The second kappa shape index (κ2) is 3.86. The van der Waals surface area contributed by atoms with Crippen LogP contribution in [0.1, 0.15) is 6.92 Å². The maximum absolute atomic E-state index is 9.61. The topological polar surface area (TPSA) is 32.7 Å². The first-order chi connectivity index (χ1) is 3.68. The Balaban J connectivity index is 3.30. The summed E-state index contributed by atoms with van der Waals surface area (Å²) in [6.07, 6.45) is 0. The van der Waals surface area contributed by atoms with Gasteiger partial charge in [-0.15, -0.1) is 4.91 Å². The molecule has 0 aromatic carbocycles. The third-order valence-corrected chi connectivity index (χ3v) is 1.74. The molecule has 0 aromatic rings. The van der Waals surface area contributed by atoms with Crippen LogP contribution in [0.25, 0.3) is 0 Å². The van der Waals surface area contributed by atoms with Crippen LogP contribution in [0.3, 0.4) is 0 Å². The average Bonchev–Trinajstić information content (AvgIpc) is 1.67. The van der Waals surface area contributed by atoms with Crippen LogP contribution in [0.2, 0.25) is 0 Å². The number of nitrogens with zero attached hydrogens (tertiary/aromatic N) is 2. The summed E-state index contributed by atoms with van der Waals surface area (Å²) in [5, 5.41) is 0.187. The summed E-state index contributed by atoms with van der Waals surface area (Å²) in [5.41, 5.74) is 0. The summed E-state index contributed by atoms with van der Waals surface area (Å²) in [5.74, 6) is 0. The molecule has 4 heteroatoms. The van der Waals surface area contributed by atoms with Crippen molar-refractivity contribution in [2.24, 2.45) is 4.58 Å². The number of rotatable bonds is 3. The summed E-state index contributed by atoms with van der Waals surface area (Å²) in [6.45, 7) is 1.92. The van der Waals surface area contributed by atoms with Gasteiger partial charge in [-0.2, -0.15) is 0 Å². The van der Waals surface area contributed by atoms with Crippen LogP contribution in [-0.2, 0) is 0 Å². The molecular formula is C4H10N2OS. The van der Waals surface area contributed by atoms with E-state index in [0.717, 1.165) is 11.9 Å². The van der Waals surface area contributed by atoms with Gasteiger partial charge in [0.2, 0.25) is 0 Å². The Bertz CT molecular complexity index is 76.4. The molecule has 0 spiro atoms. The zero-order chi connectivity index (χ0) is 6.57. The molecular weight excluding hydrogens is 124 g/mol. The normalized spacial score (nSPS) is 14.0. The fourth-order valence-electron chi connectivity index (χ4n) is 0.157. The monoisotopic (exact) mass is 134 g/mol. The highest BCUT2D eigenvalue weighted by Crippen LogP contribution is 2.11. The van der Waals surface area contributed by atoms with Crippen molar-refractivity contribution < 1.29 is 0 Å². The van der Waals surface area contributed by atoms with Gasteiger partial charge in [-0.1, -0.05) is 0 Å². The lowest BCUT2D eigenvalue weighted by atomic mass is 10.7. The van der Waals surface area contributed by atoms with Gasteiger partial charge in [0.15, 0.2) is 0 Å². The van der Waals surface area contributed by atoms with Gasteiger partial charge in [-0.25, -0.2) is 0 Å². The molecule has 0 saturated carbocycles. The maximum atomic E-state index is 9.61. The molecule has 3 nitrogen and oxygen atoms in total. The van der Waals surface area contributed by atoms with Crippen molar-refractivity contribution in [1.82, 2.24) is 4.90 Å². The van der Waals surface area contributed by atoms with Crippen molar-refractivity contribution in [2.75, 3.05) is 14.1 Å². The van der Waals surface area contributed by atoms with Gasteiger partial charge in [-0.3, -0.25) is 4.90 Å². The van der Waals surface area contributed by atoms with E-state index in [-0.39, 0.29) is 5.37 Å². The molecule has 48 valence electrons. The molecule has 0 amide bonds. The van der Waals surface area contributed by atoms with Crippen LogP contribution in [0.4, 0.5) is 0 Å². The first-order valence-electron chi connectivity index (χ1n) is 2.33. The van der Waals surface area contributed by atoms with Crippen LogP contribution in [0.5, 0.6) is 0 Å². The second-order valence-corrected chi connectivity index (χ2v) is 2.78. The van der Waals surface area contributed by atoms with Crippen LogP contribution in [0, 0.1) is 4.91 Å². The fourth-order valence-corrected chi connectivity index (χ4v) is 0.470. The Morgan fingerprint density at radius 2 is 2.12 bits per heavy atom. The zero-order valence-corrected chi connectivity index (χ0v) is 6.10. The molecule has 0 aliphatic rings. The molecule has 0 aromatic heterocycles. The number of hydrogen-bond donors (Lipinski definition) is 0. The van der Waals surface area contributed by atoms with Crippen molar-refractivity contribution in [2.45, 2.75) is 12.3 Å². The van der Waals surface area contributed by atoms with Crippen molar-refractivity contribution in [1.29, 1.82) is 0 Å². The summed E-state index contributed by atoms with van der Waals surface area (Å²) >= 11 is 1.03. The van der Waals surface area contributed by atoms with Gasteiger partial charge in [0.1, 0.15) is 0 Å². The Morgan fingerprint density at radius 1 is 1.62 bits per heavy atom. The van der Waals surface area contributed by atoms with Crippen LogP contribution in [0.15, 0.2) is 4.58 Å². The van der Waals surface area contributed by atoms with E-state index in [1.165, 1.54) is 0 Å². The molecule has 0 saturated heterocycles. The molecule has 8 heavy (non-hydrogen) atoms. The lowest BCUT2D eigenvalue weighted by Gasteiger charge is -2.13. The summed E-state index contributed by atoms with van der Waals surface area (Å²) in [7, 11) is 3.81. The van der Waals surface area contributed by atoms with Crippen molar-refractivity contribution in [3.8, 4) is 0 Å². The van der Waals surface area contributed by atoms with Gasteiger partial charge in [0, 0.05) is 16.5 Å². The van der Waals surface area contributed by atoms with Gasteiger partial charge in [0.05, 0.1) is 5.37 Å². The van der Waals surface area contributed by atoms with E-state index in [4.69, 9.17) is 0 Å². The Hall–Kier alpha value is -0.0900. The maximum Gasteiger partial charge on any atom is 0.0779 e. The number of hydrogen-bond acceptors (Lipinski definition) is 4. The predicted octanol–water partition coefficient (Wildman–Crippen LogP) is 1.31. The minimum atomic E-state index is 0.187. The molecule has 0 aliphatic heterocycles. The first kappa shape index (κ1) is 7.91. The van der Waals surface area contributed by atoms with Gasteiger partial charge < -0.3 is 0 Å². The Labute approximate surface area is 53.5 Å². The Morgan fingerprint density at radius 3 is 2.25 bits per heavy atom. The molecule has 0 radical (unpaired) electrons. The SMILES string of the molecule is CC(SN=O)N(C)C. The standard InChI is InChI=1S/C4H10N2OS/c1-4(6(2)3)8-5-7/h4H,1-3H3. The smallest absolute Gasteiger partial charge is 0.0779 e. The third-order valence-electron chi connectivity index (χ3n) is 0.923. The predicted molar refractivity (Wildman–Crippen MR) is 36.5 cm³/mol. The van der Waals surface area contributed by atoms with E-state index < -0.39 is 0 Å². The highest BCUT2D eigenvalue weighted by Gasteiger charge is 2.02. The van der Waals surface area contributed by atoms with E-state index in [1.54, 1.807) is 0 Å². The van der Waals surface area contributed by atoms with E-state index >= 15 is 0 Å². The van der Waals surface area contributed by atoms with E-state index in [0.29, 0.717) is 0 Å². The molecule has 0 bridgehead atoms.